The van der Waals surface area contributed by atoms with Gasteiger partial charge >= 0.3 is 0 Å². The van der Waals surface area contributed by atoms with Gasteiger partial charge < -0.3 is 9.80 Å². The van der Waals surface area contributed by atoms with E-state index >= 15 is 0 Å². The topological polar surface area (TPSA) is 39.2 Å². The molecule has 1 saturated carbocycles. The van der Waals surface area contributed by atoms with Gasteiger partial charge in [0.2, 0.25) is 0 Å². The first kappa shape index (κ1) is 21.5. The van der Waals surface area contributed by atoms with Crippen LogP contribution in [0.25, 0.3) is 5.57 Å². The summed E-state index contributed by atoms with van der Waals surface area (Å²) in [5, 5.41) is 0. The normalized spacial score (nSPS) is 25.8. The Morgan fingerprint density at radius 3 is 2.30 bits per heavy atom. The summed E-state index contributed by atoms with van der Waals surface area (Å²) < 4.78 is 15.1. The average molecular weight is 427 g/mol. The Balaban J connectivity index is 1.55. The number of amidine groups is 1. The van der Waals surface area contributed by atoms with E-state index in [9.17, 15) is 4.21 Å². The van der Waals surface area contributed by atoms with Crippen LogP contribution in [-0.4, -0.2) is 70.5 Å². The summed E-state index contributed by atoms with van der Waals surface area (Å²) in [7, 11) is 2.93. The van der Waals surface area contributed by atoms with Crippen molar-refractivity contribution in [1.82, 2.24) is 14.1 Å². The number of aliphatic imine (C=N–C) groups is 1. The number of piperazine rings is 1. The molecule has 1 atom stereocenters. The molecule has 4 rings (SSSR count). The first-order chi connectivity index (χ1) is 14.6. The lowest BCUT2D eigenvalue weighted by atomic mass is 9.94. The maximum Gasteiger partial charge on any atom is 0.135 e. The molecule has 1 aromatic rings. The summed E-state index contributed by atoms with van der Waals surface area (Å²) in [5.74, 6) is 1.09. The largest absolute Gasteiger partial charge is 0.329 e. The number of hydrogen-bond donors (Lipinski definition) is 0. The molecular formula is C24H34N4OS. The molecule has 1 aliphatic carbocycles. The van der Waals surface area contributed by atoms with E-state index in [0.717, 1.165) is 36.9 Å². The lowest BCUT2D eigenvalue weighted by Crippen LogP contribution is -2.45. The molecule has 1 aromatic carbocycles. The highest BCUT2D eigenvalue weighted by atomic mass is 32.2. The van der Waals surface area contributed by atoms with E-state index in [1.165, 1.54) is 48.8 Å². The zero-order valence-electron chi connectivity index (χ0n) is 18.5. The standard InChI is InChI=1S/C24H34N4OS/c1-4-22-23(18-28(24(22)25-2)20-8-6-5-7-9-20)19-10-12-21(13-11-19)30(29)27-16-14-26(3)15-17-27/h4,10-13,18,20H,5-9,14-17H2,1-3H3/b22-4-,25-24?. The molecule has 0 N–H and O–H groups in total. The van der Waals surface area contributed by atoms with Gasteiger partial charge in [-0.1, -0.05) is 37.5 Å². The number of benzene rings is 1. The van der Waals surface area contributed by atoms with E-state index in [1.807, 2.05) is 19.2 Å². The fourth-order valence-electron chi connectivity index (χ4n) is 4.77. The van der Waals surface area contributed by atoms with Crippen molar-refractivity contribution in [2.45, 2.75) is 50.0 Å². The van der Waals surface area contributed by atoms with E-state index in [0.29, 0.717) is 6.04 Å². The molecule has 3 aliphatic rings. The molecule has 2 aliphatic heterocycles. The summed E-state index contributed by atoms with van der Waals surface area (Å²) in [6, 6.07) is 8.86. The summed E-state index contributed by atoms with van der Waals surface area (Å²) in [4.78, 5) is 10.2. The predicted octanol–water partition coefficient (Wildman–Crippen LogP) is 3.92. The van der Waals surface area contributed by atoms with Crippen LogP contribution in [0.15, 0.2) is 52.0 Å². The average Bonchev–Trinajstić information content (AvgIpc) is 3.18. The third-order valence-electron chi connectivity index (χ3n) is 6.58. The molecule has 1 unspecified atom stereocenters. The minimum absolute atomic E-state index is 0.550. The van der Waals surface area contributed by atoms with Gasteiger partial charge in [-0.3, -0.25) is 4.99 Å². The summed E-state index contributed by atoms with van der Waals surface area (Å²) in [5.41, 5.74) is 3.60. The highest BCUT2D eigenvalue weighted by Gasteiger charge is 2.31. The molecule has 5 nitrogen and oxygen atoms in total. The molecule has 2 fully saturated rings. The molecule has 2 heterocycles. The second-order valence-corrected chi connectivity index (χ2v) is 9.98. The lowest BCUT2D eigenvalue weighted by Gasteiger charge is -2.31. The Morgan fingerprint density at radius 1 is 1.03 bits per heavy atom. The van der Waals surface area contributed by atoms with E-state index in [-0.39, 0.29) is 0 Å². The Labute approximate surface area is 183 Å². The van der Waals surface area contributed by atoms with Gasteiger partial charge in [0.15, 0.2) is 0 Å². The smallest absolute Gasteiger partial charge is 0.135 e. The molecule has 0 spiro atoms. The van der Waals surface area contributed by atoms with Crippen molar-refractivity contribution >= 4 is 22.4 Å². The molecule has 162 valence electrons. The molecular weight excluding hydrogens is 392 g/mol. The Hall–Kier alpha value is -1.76. The van der Waals surface area contributed by atoms with E-state index in [2.05, 4.69) is 57.5 Å². The molecule has 0 radical (unpaired) electrons. The van der Waals surface area contributed by atoms with Crippen molar-refractivity contribution in [2.75, 3.05) is 40.3 Å². The summed E-state index contributed by atoms with van der Waals surface area (Å²) in [6.45, 7) is 5.74. The molecule has 1 saturated heterocycles. The monoisotopic (exact) mass is 426 g/mol. The van der Waals surface area contributed by atoms with Gasteiger partial charge in [-0.2, -0.15) is 0 Å². The van der Waals surface area contributed by atoms with Crippen LogP contribution in [0.5, 0.6) is 0 Å². The van der Waals surface area contributed by atoms with Crippen LogP contribution in [0, 0.1) is 0 Å². The number of nitrogens with zero attached hydrogens (tertiary/aromatic N) is 4. The van der Waals surface area contributed by atoms with Crippen molar-refractivity contribution in [3.8, 4) is 0 Å². The zero-order chi connectivity index (χ0) is 21.1. The highest BCUT2D eigenvalue weighted by Crippen LogP contribution is 2.36. The third kappa shape index (κ3) is 4.32. The van der Waals surface area contributed by atoms with Crippen LogP contribution < -0.4 is 0 Å². The number of allylic oxidation sites excluding steroid dienone is 1. The quantitative estimate of drug-likeness (QED) is 0.733. The second-order valence-electron chi connectivity index (χ2n) is 8.50. The van der Waals surface area contributed by atoms with Gasteiger partial charge in [-0.15, -0.1) is 0 Å². The Morgan fingerprint density at radius 2 is 1.70 bits per heavy atom. The van der Waals surface area contributed by atoms with Crippen molar-refractivity contribution in [2.24, 2.45) is 4.99 Å². The Bertz CT molecular complexity index is 860. The molecule has 6 heteroatoms. The van der Waals surface area contributed by atoms with Gasteiger partial charge in [-0.25, -0.2) is 8.51 Å². The van der Waals surface area contributed by atoms with Gasteiger partial charge in [0.05, 0.1) is 4.90 Å². The van der Waals surface area contributed by atoms with E-state index in [4.69, 9.17) is 0 Å². The maximum atomic E-state index is 13.0. The number of hydrogen-bond acceptors (Lipinski definition) is 3. The first-order valence-electron chi connectivity index (χ1n) is 11.2. The fourth-order valence-corrected chi connectivity index (χ4v) is 5.93. The van der Waals surface area contributed by atoms with Crippen LogP contribution in [0.3, 0.4) is 0 Å². The zero-order valence-corrected chi connectivity index (χ0v) is 19.3. The van der Waals surface area contributed by atoms with Crippen LogP contribution in [0.2, 0.25) is 0 Å². The number of likely N-dealkylation sites (N-methyl/N-ethyl adjacent to an activating group) is 1. The summed E-state index contributed by atoms with van der Waals surface area (Å²) in [6.07, 6.45) is 10.9. The SMILES string of the molecule is C/C=C1/C(c2ccc(S(=O)N3CCN(C)CC3)cc2)=CN(C2CCCCC2)C1=NC. The van der Waals surface area contributed by atoms with Gasteiger partial charge in [-0.05, 0) is 44.5 Å². The van der Waals surface area contributed by atoms with Crippen LogP contribution in [-0.2, 0) is 11.0 Å². The predicted molar refractivity (Wildman–Crippen MR) is 126 cm³/mol. The van der Waals surface area contributed by atoms with Crippen LogP contribution in [0.4, 0.5) is 0 Å². The molecule has 0 bridgehead atoms. The lowest BCUT2D eigenvalue weighted by molar-refractivity contribution is 0.228. The fraction of sp³-hybridized carbons (Fsp3) is 0.542. The minimum Gasteiger partial charge on any atom is -0.329 e. The van der Waals surface area contributed by atoms with Gasteiger partial charge in [0.1, 0.15) is 16.8 Å². The minimum atomic E-state index is -1.09. The van der Waals surface area contributed by atoms with Crippen molar-refractivity contribution in [1.29, 1.82) is 0 Å². The molecule has 30 heavy (non-hydrogen) atoms. The number of rotatable bonds is 4. The van der Waals surface area contributed by atoms with Crippen LogP contribution in [0.1, 0.15) is 44.6 Å². The molecule has 0 amide bonds. The summed E-state index contributed by atoms with van der Waals surface area (Å²) >= 11 is 0. The van der Waals surface area contributed by atoms with Crippen molar-refractivity contribution < 1.29 is 4.21 Å². The van der Waals surface area contributed by atoms with Crippen LogP contribution >= 0.6 is 0 Å². The maximum absolute atomic E-state index is 13.0. The van der Waals surface area contributed by atoms with E-state index in [1.54, 1.807) is 0 Å². The first-order valence-corrected chi connectivity index (χ1v) is 12.3. The van der Waals surface area contributed by atoms with E-state index < -0.39 is 11.0 Å². The molecule has 0 aromatic heterocycles. The Kier molecular flexibility index (Phi) is 6.86. The second kappa shape index (κ2) is 9.58. The highest BCUT2D eigenvalue weighted by molar-refractivity contribution is 7.82. The third-order valence-corrected chi connectivity index (χ3v) is 8.09. The van der Waals surface area contributed by atoms with Crippen molar-refractivity contribution in [3.05, 3.63) is 47.7 Å². The van der Waals surface area contributed by atoms with Crippen molar-refractivity contribution in [3.63, 3.8) is 0 Å². The van der Waals surface area contributed by atoms with Gasteiger partial charge in [0.25, 0.3) is 0 Å². The van der Waals surface area contributed by atoms with Gasteiger partial charge in [0, 0.05) is 56.6 Å².